The van der Waals surface area contributed by atoms with Crippen LogP contribution in [-0.2, 0) is 4.79 Å². The van der Waals surface area contributed by atoms with Crippen molar-refractivity contribution in [1.82, 2.24) is 5.32 Å². The van der Waals surface area contributed by atoms with Crippen LogP contribution in [0.15, 0.2) is 22.7 Å². The predicted molar refractivity (Wildman–Crippen MR) is 64.9 cm³/mol. The van der Waals surface area contributed by atoms with E-state index >= 15 is 0 Å². The van der Waals surface area contributed by atoms with Crippen molar-refractivity contribution in [2.45, 2.75) is 13.0 Å². The minimum atomic E-state index is -1.59. The molecule has 1 rings (SSSR count). The van der Waals surface area contributed by atoms with E-state index in [4.69, 9.17) is 10.2 Å². The van der Waals surface area contributed by atoms with Crippen molar-refractivity contribution in [2.24, 2.45) is 0 Å². The van der Waals surface area contributed by atoms with E-state index in [0.29, 0.717) is 5.56 Å². The van der Waals surface area contributed by atoms with Crippen molar-refractivity contribution in [3.63, 3.8) is 0 Å². The largest absolute Gasteiger partial charge is 0.479 e. The van der Waals surface area contributed by atoms with Crippen molar-refractivity contribution >= 4 is 27.8 Å². The molecule has 0 spiro atoms. The van der Waals surface area contributed by atoms with Crippen LogP contribution in [-0.4, -0.2) is 34.7 Å². The lowest BCUT2D eigenvalue weighted by Crippen LogP contribution is -2.36. The molecule has 0 saturated carbocycles. The normalized spacial score (nSPS) is 11.9. The molecule has 0 fully saturated rings. The molecule has 5 nitrogen and oxygen atoms in total. The summed E-state index contributed by atoms with van der Waals surface area (Å²) >= 11 is 3.28. The molecule has 1 aromatic carbocycles. The van der Waals surface area contributed by atoms with Crippen LogP contribution in [0.5, 0.6) is 0 Å². The molecule has 0 radical (unpaired) electrons. The molecule has 1 unspecified atom stereocenters. The topological polar surface area (TPSA) is 86.6 Å². The summed E-state index contributed by atoms with van der Waals surface area (Å²) in [5.41, 5.74) is 1.22. The van der Waals surface area contributed by atoms with E-state index in [1.807, 2.05) is 0 Å². The van der Waals surface area contributed by atoms with Crippen LogP contribution in [0.3, 0.4) is 0 Å². The maximum atomic E-state index is 11.7. The van der Waals surface area contributed by atoms with Gasteiger partial charge in [-0.3, -0.25) is 4.79 Å². The van der Waals surface area contributed by atoms with Gasteiger partial charge in [-0.2, -0.15) is 0 Å². The number of carbonyl (C=O) groups excluding carboxylic acids is 1. The molecule has 0 aliphatic heterocycles. The molecule has 92 valence electrons. The monoisotopic (exact) mass is 301 g/mol. The highest BCUT2D eigenvalue weighted by atomic mass is 79.9. The van der Waals surface area contributed by atoms with Crippen LogP contribution in [0.25, 0.3) is 0 Å². The molecule has 1 amide bonds. The summed E-state index contributed by atoms with van der Waals surface area (Å²) in [6.45, 7) is 1.46. The van der Waals surface area contributed by atoms with Crippen molar-refractivity contribution in [3.8, 4) is 0 Å². The predicted octanol–water partition coefficient (Wildman–Crippen LogP) is 0.933. The van der Waals surface area contributed by atoms with Gasteiger partial charge >= 0.3 is 5.97 Å². The van der Waals surface area contributed by atoms with E-state index in [9.17, 15) is 9.59 Å². The van der Waals surface area contributed by atoms with Crippen molar-refractivity contribution in [1.29, 1.82) is 0 Å². The third-order valence-corrected chi connectivity index (χ3v) is 2.67. The van der Waals surface area contributed by atoms with E-state index in [1.165, 1.54) is 0 Å². The highest BCUT2D eigenvalue weighted by molar-refractivity contribution is 9.10. The molecule has 3 N–H and O–H groups in total. The summed E-state index contributed by atoms with van der Waals surface area (Å²) in [5, 5.41) is 19.8. The third-order valence-electron chi connectivity index (χ3n) is 2.17. The van der Waals surface area contributed by atoms with Crippen LogP contribution in [0, 0.1) is 6.92 Å². The van der Waals surface area contributed by atoms with Gasteiger partial charge in [0.1, 0.15) is 0 Å². The van der Waals surface area contributed by atoms with Gasteiger partial charge in [-0.25, -0.2) is 4.79 Å². The summed E-state index contributed by atoms with van der Waals surface area (Å²) in [6, 6.07) is 5.12. The van der Waals surface area contributed by atoms with E-state index in [2.05, 4.69) is 21.2 Å². The Hall–Kier alpha value is -1.40. The van der Waals surface area contributed by atoms with Gasteiger partial charge in [-0.15, -0.1) is 0 Å². The third kappa shape index (κ3) is 3.83. The lowest BCUT2D eigenvalue weighted by Gasteiger charge is -2.09. The second kappa shape index (κ2) is 5.79. The smallest absolute Gasteiger partial charge is 0.334 e. The average Bonchev–Trinajstić information content (AvgIpc) is 2.25. The quantitative estimate of drug-likeness (QED) is 0.772. The molecule has 0 heterocycles. The maximum absolute atomic E-state index is 11.7. The van der Waals surface area contributed by atoms with Gasteiger partial charge in [0.2, 0.25) is 0 Å². The van der Waals surface area contributed by atoms with Gasteiger partial charge in [0.25, 0.3) is 5.91 Å². The molecule has 17 heavy (non-hydrogen) atoms. The van der Waals surface area contributed by atoms with Crippen LogP contribution in [0.1, 0.15) is 15.9 Å². The molecule has 0 bridgehead atoms. The number of amides is 1. The number of aliphatic hydroxyl groups excluding tert-OH is 1. The van der Waals surface area contributed by atoms with Gasteiger partial charge < -0.3 is 15.5 Å². The number of aryl methyl sites for hydroxylation is 1. The van der Waals surface area contributed by atoms with Crippen LogP contribution in [0.2, 0.25) is 0 Å². The number of hydrogen-bond acceptors (Lipinski definition) is 3. The summed E-state index contributed by atoms with van der Waals surface area (Å²) in [7, 11) is 0. The van der Waals surface area contributed by atoms with E-state index < -0.39 is 18.0 Å². The summed E-state index contributed by atoms with van der Waals surface area (Å²) in [6.07, 6.45) is -1.59. The van der Waals surface area contributed by atoms with Crippen molar-refractivity contribution < 1.29 is 19.8 Å². The highest BCUT2D eigenvalue weighted by Gasteiger charge is 2.15. The van der Waals surface area contributed by atoms with Crippen LogP contribution < -0.4 is 5.32 Å². The SMILES string of the molecule is Cc1cc(Br)ccc1C(=O)NCC(O)C(=O)O. The Bertz CT molecular complexity index is 447. The Morgan fingerprint density at radius 1 is 1.47 bits per heavy atom. The molecular weight excluding hydrogens is 290 g/mol. The summed E-state index contributed by atoms with van der Waals surface area (Å²) < 4.78 is 0.858. The fourth-order valence-corrected chi connectivity index (χ4v) is 1.73. The molecule has 1 aromatic rings. The fraction of sp³-hybridized carbons (Fsp3) is 0.273. The number of carboxylic acids is 1. The van der Waals surface area contributed by atoms with Crippen molar-refractivity contribution in [3.05, 3.63) is 33.8 Å². The second-order valence-electron chi connectivity index (χ2n) is 3.52. The number of carboxylic acid groups (broad SMARTS) is 1. The van der Waals surface area contributed by atoms with E-state index in [-0.39, 0.29) is 6.54 Å². The number of hydrogen-bond donors (Lipinski definition) is 3. The Kier molecular flexibility index (Phi) is 4.65. The number of benzene rings is 1. The van der Waals surface area contributed by atoms with Crippen LogP contribution in [0.4, 0.5) is 0 Å². The molecule has 0 saturated heterocycles. The molecular formula is C11H12BrNO4. The average molecular weight is 302 g/mol. The first-order valence-corrected chi connectivity index (χ1v) is 5.66. The van der Waals surface area contributed by atoms with Gasteiger partial charge in [-0.05, 0) is 30.7 Å². The zero-order valence-electron chi connectivity index (χ0n) is 9.11. The standard InChI is InChI=1S/C11H12BrNO4/c1-6-4-7(12)2-3-8(6)10(15)13-5-9(14)11(16)17/h2-4,9,14H,5H2,1H3,(H,13,15)(H,16,17). The zero-order valence-corrected chi connectivity index (χ0v) is 10.7. The summed E-state index contributed by atoms with van der Waals surface area (Å²) in [5.74, 6) is -1.77. The van der Waals surface area contributed by atoms with Gasteiger partial charge in [-0.1, -0.05) is 15.9 Å². The lowest BCUT2D eigenvalue weighted by molar-refractivity contribution is -0.146. The van der Waals surface area contributed by atoms with Gasteiger partial charge in [0.05, 0.1) is 6.54 Å². The first kappa shape index (κ1) is 13.7. The number of rotatable bonds is 4. The Morgan fingerprint density at radius 3 is 2.65 bits per heavy atom. The van der Waals surface area contributed by atoms with Crippen molar-refractivity contribution in [2.75, 3.05) is 6.54 Å². The summed E-state index contributed by atoms with van der Waals surface area (Å²) in [4.78, 5) is 22.0. The zero-order chi connectivity index (χ0) is 13.0. The second-order valence-corrected chi connectivity index (χ2v) is 4.44. The molecule has 6 heteroatoms. The van der Waals surface area contributed by atoms with Crippen LogP contribution >= 0.6 is 15.9 Å². The van der Waals surface area contributed by atoms with Gasteiger partial charge in [0, 0.05) is 10.0 Å². The molecule has 0 aliphatic rings. The highest BCUT2D eigenvalue weighted by Crippen LogP contribution is 2.15. The number of halogens is 1. The fourth-order valence-electron chi connectivity index (χ4n) is 1.25. The number of aliphatic carboxylic acids is 1. The molecule has 1 atom stereocenters. The number of carbonyl (C=O) groups is 2. The molecule has 0 aromatic heterocycles. The maximum Gasteiger partial charge on any atom is 0.334 e. The minimum Gasteiger partial charge on any atom is -0.479 e. The first-order valence-electron chi connectivity index (χ1n) is 4.87. The lowest BCUT2D eigenvalue weighted by atomic mass is 10.1. The Labute approximate surface area is 107 Å². The number of nitrogens with one attached hydrogen (secondary N) is 1. The minimum absolute atomic E-state index is 0.316. The van der Waals surface area contributed by atoms with E-state index in [0.717, 1.165) is 10.0 Å². The Morgan fingerprint density at radius 2 is 2.12 bits per heavy atom. The molecule has 0 aliphatic carbocycles. The van der Waals surface area contributed by atoms with Gasteiger partial charge in [0.15, 0.2) is 6.10 Å². The Balaban J connectivity index is 2.67. The first-order chi connectivity index (χ1) is 7.91. The number of aliphatic hydroxyl groups is 1. The van der Waals surface area contributed by atoms with E-state index in [1.54, 1.807) is 25.1 Å².